The van der Waals surface area contributed by atoms with Gasteiger partial charge in [0.25, 0.3) is 7.82 Å². The molecule has 0 aromatic heterocycles. The van der Waals surface area contributed by atoms with Gasteiger partial charge in [-0.1, -0.05) is 365 Å². The number of phosphoric ester groups is 1. The number of quaternary nitrogens is 1. The number of carbonyl (C=O) groups excluding carboxylic acids is 2. The number of nitrogens with zero attached hydrogens (tertiary/aromatic N) is 1. The van der Waals surface area contributed by atoms with Crippen molar-refractivity contribution in [2.45, 2.75) is 418 Å². The molecule has 0 aromatic rings. The second-order valence-corrected chi connectivity index (χ2v) is 29.8. The van der Waals surface area contributed by atoms with Gasteiger partial charge in [0.2, 0.25) is 0 Å². The highest BCUT2D eigenvalue weighted by Crippen LogP contribution is 2.38. The van der Waals surface area contributed by atoms with Crippen molar-refractivity contribution in [3.05, 3.63) is 36.5 Å². The van der Waals surface area contributed by atoms with E-state index in [9.17, 15) is 19.0 Å². The van der Waals surface area contributed by atoms with E-state index in [1.54, 1.807) is 0 Å². The smallest absolute Gasteiger partial charge is 0.306 e. The number of rotatable bonds is 75. The molecule has 9 nitrogen and oxygen atoms in total. The molecule has 0 saturated carbocycles. The average Bonchev–Trinajstić information content (AvgIpc) is 3.61. The highest BCUT2D eigenvalue weighted by molar-refractivity contribution is 7.45. The topological polar surface area (TPSA) is 111 Å². The Morgan fingerprint density at radius 2 is 0.600 bits per heavy atom. The molecule has 0 amide bonds. The number of carbonyl (C=O) groups is 2. The van der Waals surface area contributed by atoms with E-state index in [4.69, 9.17) is 18.5 Å². The van der Waals surface area contributed by atoms with Crippen molar-refractivity contribution < 1.29 is 42.1 Å². The number of phosphoric acid groups is 1. The fraction of sp³-hybridized carbons (Fsp3) is 0.900. The summed E-state index contributed by atoms with van der Waals surface area (Å²) in [5.74, 6) is -0.810. The molecule has 0 radical (unpaired) electrons. The molecule has 0 bridgehead atoms. The van der Waals surface area contributed by atoms with E-state index in [0.29, 0.717) is 17.4 Å². The summed E-state index contributed by atoms with van der Waals surface area (Å²) >= 11 is 0. The maximum absolute atomic E-state index is 12.9. The van der Waals surface area contributed by atoms with Gasteiger partial charge in [0.1, 0.15) is 19.8 Å². The van der Waals surface area contributed by atoms with Gasteiger partial charge in [0.15, 0.2) is 6.10 Å². The summed E-state index contributed by atoms with van der Waals surface area (Å²) in [4.78, 5) is 38.1. The molecule has 0 N–H and O–H groups in total. The van der Waals surface area contributed by atoms with Crippen LogP contribution < -0.4 is 4.89 Å². The summed E-state index contributed by atoms with van der Waals surface area (Å²) in [5.41, 5.74) is 0. The van der Waals surface area contributed by atoms with Gasteiger partial charge in [-0.25, -0.2) is 0 Å². The van der Waals surface area contributed by atoms with E-state index in [1.165, 1.54) is 340 Å². The molecule has 0 spiro atoms. The minimum absolute atomic E-state index is 0.0279. The first-order valence-corrected chi connectivity index (χ1v) is 41.2. The van der Waals surface area contributed by atoms with Gasteiger partial charge < -0.3 is 27.9 Å². The third kappa shape index (κ3) is 75.3. The SMILES string of the molecule is CCCCCCC/C=C\C/C=C\CCCCCCCCCCCCCCCCCC(=O)OC(COC(=O)CCCCCCCCCCCCCCCCCCCCCCCCCCCCC/C=C\CCCCCCCCCC)COP(=O)([O-])OCC[N+](C)(C)C. The number of esters is 2. The number of likely N-dealkylation sites (N-methyl/N-ethyl adjacent to an activating group) is 1. The molecule has 90 heavy (non-hydrogen) atoms. The van der Waals surface area contributed by atoms with Crippen LogP contribution in [0.2, 0.25) is 0 Å². The standard InChI is InChI=1S/C80H154NO8P/c1-6-8-10-12-14-16-18-20-22-24-26-28-30-32-34-35-36-37-38-39-40-41-42-43-44-45-47-48-50-52-54-56-58-60-62-64-66-68-70-72-79(82)86-76-78(77-88-90(84,85)87-75-74-81(3,4)5)89-80(83)73-71-69-67-65-63-61-59-57-55-53-51-49-46-33-31-29-27-25-23-21-19-17-15-13-11-9-7-2/h19,21,24-27,78H,6-18,20,22-23,28-77H2,1-5H3/b21-19-,26-24-,27-25-. The fourth-order valence-corrected chi connectivity index (χ4v) is 12.8. The molecule has 0 aromatic carbocycles. The molecule has 2 unspecified atom stereocenters. The van der Waals surface area contributed by atoms with E-state index in [2.05, 4.69) is 50.3 Å². The Hall–Kier alpha value is -1.77. The summed E-state index contributed by atoms with van der Waals surface area (Å²) in [6, 6.07) is 0. The summed E-state index contributed by atoms with van der Waals surface area (Å²) in [6.07, 6.45) is 92.7. The predicted molar refractivity (Wildman–Crippen MR) is 388 cm³/mol. The molecule has 2 atom stereocenters. The Morgan fingerprint density at radius 3 is 0.889 bits per heavy atom. The van der Waals surface area contributed by atoms with Gasteiger partial charge >= 0.3 is 11.9 Å². The van der Waals surface area contributed by atoms with Gasteiger partial charge in [-0.2, -0.15) is 0 Å². The van der Waals surface area contributed by atoms with Crippen LogP contribution in [0.4, 0.5) is 0 Å². The zero-order valence-electron chi connectivity index (χ0n) is 60.9. The lowest BCUT2D eigenvalue weighted by Gasteiger charge is -2.28. The van der Waals surface area contributed by atoms with Gasteiger partial charge in [0, 0.05) is 12.8 Å². The fourth-order valence-electron chi connectivity index (χ4n) is 12.0. The van der Waals surface area contributed by atoms with Crippen molar-refractivity contribution in [2.75, 3.05) is 47.5 Å². The molecule has 0 heterocycles. The lowest BCUT2D eigenvalue weighted by Crippen LogP contribution is -2.37. The van der Waals surface area contributed by atoms with Crippen LogP contribution >= 0.6 is 7.82 Å². The first kappa shape index (κ1) is 88.2. The van der Waals surface area contributed by atoms with Crippen LogP contribution in [-0.4, -0.2) is 70.0 Å². The summed E-state index contributed by atoms with van der Waals surface area (Å²) in [6.45, 7) is 4.31. The average molecular weight is 1290 g/mol. The number of unbranched alkanes of at least 4 members (excludes halogenated alkanes) is 55. The molecular weight excluding hydrogens is 1130 g/mol. The summed E-state index contributed by atoms with van der Waals surface area (Å²) in [5, 5.41) is 0. The summed E-state index contributed by atoms with van der Waals surface area (Å²) in [7, 11) is 1.19. The van der Waals surface area contributed by atoms with Gasteiger partial charge in [-0.3, -0.25) is 14.2 Å². The van der Waals surface area contributed by atoms with Crippen molar-refractivity contribution >= 4 is 19.8 Å². The van der Waals surface area contributed by atoms with Crippen molar-refractivity contribution in [1.29, 1.82) is 0 Å². The third-order valence-electron chi connectivity index (χ3n) is 18.1. The number of ether oxygens (including phenoxy) is 2. The van der Waals surface area contributed by atoms with E-state index in [1.807, 2.05) is 21.1 Å². The van der Waals surface area contributed by atoms with Crippen LogP contribution in [-0.2, 0) is 32.7 Å². The van der Waals surface area contributed by atoms with Gasteiger partial charge in [-0.05, 0) is 70.6 Å². The van der Waals surface area contributed by atoms with E-state index >= 15 is 0 Å². The molecular formula is C80H154NO8P. The van der Waals surface area contributed by atoms with Crippen LogP contribution in [0.15, 0.2) is 36.5 Å². The van der Waals surface area contributed by atoms with E-state index in [0.717, 1.165) is 38.5 Å². The molecule has 0 rings (SSSR count). The Labute approximate surface area is 561 Å². The monoisotopic (exact) mass is 1290 g/mol. The van der Waals surface area contributed by atoms with E-state index < -0.39 is 26.5 Å². The highest BCUT2D eigenvalue weighted by Gasteiger charge is 2.22. The Morgan fingerprint density at radius 1 is 0.344 bits per heavy atom. The zero-order chi connectivity index (χ0) is 65.5. The first-order chi connectivity index (χ1) is 44.0. The minimum atomic E-state index is -4.64. The third-order valence-corrected chi connectivity index (χ3v) is 19.1. The predicted octanol–water partition coefficient (Wildman–Crippen LogP) is 25.5. The quantitative estimate of drug-likeness (QED) is 0.0195. The van der Waals surface area contributed by atoms with Crippen LogP contribution in [0.3, 0.4) is 0 Å². The Bertz CT molecular complexity index is 1610. The van der Waals surface area contributed by atoms with Crippen molar-refractivity contribution in [3.8, 4) is 0 Å². The molecule has 10 heteroatoms. The Kier molecular flexibility index (Phi) is 70.1. The van der Waals surface area contributed by atoms with Crippen molar-refractivity contribution in [2.24, 2.45) is 0 Å². The highest BCUT2D eigenvalue weighted by atomic mass is 31.2. The molecule has 0 aliphatic rings. The Balaban J connectivity index is 3.88. The number of hydrogen-bond acceptors (Lipinski definition) is 8. The first-order valence-electron chi connectivity index (χ1n) is 39.7. The van der Waals surface area contributed by atoms with Crippen molar-refractivity contribution in [1.82, 2.24) is 0 Å². The maximum Gasteiger partial charge on any atom is 0.306 e. The molecule has 0 aliphatic carbocycles. The molecule has 0 saturated heterocycles. The molecule has 532 valence electrons. The molecule has 0 aliphatic heterocycles. The second kappa shape index (κ2) is 71.5. The van der Waals surface area contributed by atoms with Crippen molar-refractivity contribution in [3.63, 3.8) is 0 Å². The van der Waals surface area contributed by atoms with Crippen LogP contribution in [0.25, 0.3) is 0 Å². The maximum atomic E-state index is 12.9. The zero-order valence-corrected chi connectivity index (χ0v) is 61.8. The normalized spacial score (nSPS) is 13.2. The number of hydrogen-bond donors (Lipinski definition) is 0. The lowest BCUT2D eigenvalue weighted by molar-refractivity contribution is -0.870. The van der Waals surface area contributed by atoms with E-state index in [-0.39, 0.29) is 32.0 Å². The summed E-state index contributed by atoms with van der Waals surface area (Å²) < 4.78 is 34.4. The van der Waals surface area contributed by atoms with Crippen LogP contribution in [0, 0.1) is 0 Å². The van der Waals surface area contributed by atoms with Gasteiger partial charge in [0.05, 0.1) is 27.7 Å². The van der Waals surface area contributed by atoms with Gasteiger partial charge in [-0.15, -0.1) is 0 Å². The van der Waals surface area contributed by atoms with Crippen LogP contribution in [0.1, 0.15) is 412 Å². The van der Waals surface area contributed by atoms with Crippen LogP contribution in [0.5, 0.6) is 0 Å². The number of allylic oxidation sites excluding steroid dienone is 6. The lowest BCUT2D eigenvalue weighted by atomic mass is 10.0. The molecule has 0 fully saturated rings. The largest absolute Gasteiger partial charge is 0.756 e. The second-order valence-electron chi connectivity index (χ2n) is 28.4. The minimum Gasteiger partial charge on any atom is -0.756 e.